The molecule has 0 atom stereocenters. The van der Waals surface area contributed by atoms with E-state index >= 15 is 0 Å². The van der Waals surface area contributed by atoms with Crippen LogP contribution in [-0.2, 0) is 4.79 Å². The smallest absolute Gasteiger partial charge is 0.250 e. The van der Waals surface area contributed by atoms with E-state index in [1.807, 2.05) is 16.6 Å². The lowest BCUT2D eigenvalue weighted by Crippen LogP contribution is -2.19. The van der Waals surface area contributed by atoms with Gasteiger partial charge < -0.3 is 5.73 Å². The molecule has 0 aromatic heterocycles. The number of carbonyl (C=O) groups excluding carboxylic acids is 1. The minimum atomic E-state index is -0.411. The molecule has 0 spiro atoms. The third kappa shape index (κ3) is 1.72. The largest absolute Gasteiger partial charge is 0.366 e. The Morgan fingerprint density at radius 2 is 2.43 bits per heavy atom. The zero-order chi connectivity index (χ0) is 9.97. The van der Waals surface area contributed by atoms with Gasteiger partial charge in [0.1, 0.15) is 0 Å². The van der Waals surface area contributed by atoms with Crippen LogP contribution in [0.2, 0.25) is 0 Å². The minimum Gasteiger partial charge on any atom is -0.366 e. The van der Waals surface area contributed by atoms with Crippen LogP contribution >= 0.6 is 11.9 Å². The van der Waals surface area contributed by atoms with Gasteiger partial charge in [-0.1, -0.05) is 0 Å². The van der Waals surface area contributed by atoms with Crippen molar-refractivity contribution in [1.29, 1.82) is 0 Å². The Morgan fingerprint density at radius 1 is 1.57 bits per heavy atom. The lowest BCUT2D eigenvalue weighted by molar-refractivity contribution is -0.114. The Balaban J connectivity index is 2.28. The van der Waals surface area contributed by atoms with Gasteiger partial charge in [0, 0.05) is 18.2 Å². The van der Waals surface area contributed by atoms with Gasteiger partial charge in [0.05, 0.1) is 17.5 Å². The Labute approximate surface area is 86.0 Å². The highest BCUT2D eigenvalue weighted by Gasteiger charge is 2.14. The highest BCUT2D eigenvalue weighted by atomic mass is 32.2. The topological polar surface area (TPSA) is 58.7 Å². The standard InChI is InChI=1S/C9H9N3OS/c10-9(13)7-1-2-8-5-11-3-4-14-12(8)6-7/h1-3,5-6H,4H2,(H2,10,13). The van der Waals surface area contributed by atoms with Crippen molar-refractivity contribution < 1.29 is 4.79 Å². The molecule has 2 aliphatic rings. The summed E-state index contributed by atoms with van der Waals surface area (Å²) < 4.78 is 1.90. The third-order valence-corrected chi connectivity index (χ3v) is 2.72. The predicted molar refractivity (Wildman–Crippen MR) is 57.3 cm³/mol. The summed E-state index contributed by atoms with van der Waals surface area (Å²) in [6.45, 7) is 0. The SMILES string of the molecule is NC(=O)C1=CN2SCC=NC=C2C=C1. The van der Waals surface area contributed by atoms with E-state index in [0.717, 1.165) is 11.4 Å². The molecule has 0 fully saturated rings. The van der Waals surface area contributed by atoms with Crippen molar-refractivity contribution in [3.63, 3.8) is 0 Å². The Hall–Kier alpha value is -1.49. The fourth-order valence-corrected chi connectivity index (χ4v) is 1.89. The van der Waals surface area contributed by atoms with Gasteiger partial charge in [-0.25, -0.2) is 0 Å². The first-order valence-electron chi connectivity index (χ1n) is 4.11. The van der Waals surface area contributed by atoms with Gasteiger partial charge in [0.2, 0.25) is 5.91 Å². The van der Waals surface area contributed by atoms with Crippen molar-refractivity contribution in [3.05, 3.63) is 35.8 Å². The monoisotopic (exact) mass is 207 g/mol. The van der Waals surface area contributed by atoms with E-state index in [4.69, 9.17) is 5.73 Å². The first-order chi connectivity index (χ1) is 6.77. The lowest BCUT2D eigenvalue weighted by Gasteiger charge is -2.21. The van der Waals surface area contributed by atoms with E-state index in [9.17, 15) is 4.79 Å². The lowest BCUT2D eigenvalue weighted by atomic mass is 10.2. The summed E-state index contributed by atoms with van der Waals surface area (Å²) in [5.41, 5.74) is 6.65. The quantitative estimate of drug-likeness (QED) is 0.647. The van der Waals surface area contributed by atoms with Crippen LogP contribution in [0, 0.1) is 0 Å². The van der Waals surface area contributed by atoms with Crippen molar-refractivity contribution in [2.75, 3.05) is 5.75 Å². The molecule has 1 amide bonds. The summed E-state index contributed by atoms with van der Waals surface area (Å²) in [6.07, 6.45) is 8.84. The van der Waals surface area contributed by atoms with Crippen molar-refractivity contribution in [1.82, 2.24) is 4.31 Å². The maximum Gasteiger partial charge on any atom is 0.250 e. The van der Waals surface area contributed by atoms with Crippen molar-refractivity contribution in [2.24, 2.45) is 10.7 Å². The second-order valence-electron chi connectivity index (χ2n) is 2.79. The van der Waals surface area contributed by atoms with E-state index in [1.54, 1.807) is 30.4 Å². The summed E-state index contributed by atoms with van der Waals surface area (Å²) in [5, 5.41) is 0. The zero-order valence-corrected chi connectivity index (χ0v) is 8.20. The molecule has 2 heterocycles. The van der Waals surface area contributed by atoms with Crippen molar-refractivity contribution >= 4 is 24.1 Å². The summed E-state index contributed by atoms with van der Waals surface area (Å²) in [6, 6.07) is 0. The summed E-state index contributed by atoms with van der Waals surface area (Å²) in [7, 11) is 0. The zero-order valence-electron chi connectivity index (χ0n) is 7.38. The molecule has 0 bridgehead atoms. The van der Waals surface area contributed by atoms with Crippen LogP contribution in [0.3, 0.4) is 0 Å². The summed E-state index contributed by atoms with van der Waals surface area (Å²) >= 11 is 1.57. The Bertz CT molecular complexity index is 382. The van der Waals surface area contributed by atoms with Gasteiger partial charge in [-0.2, -0.15) is 0 Å². The minimum absolute atomic E-state index is 0.411. The second kappa shape index (κ2) is 3.71. The molecule has 5 heteroatoms. The molecule has 2 aliphatic heterocycles. The molecule has 2 rings (SSSR count). The molecule has 2 N–H and O–H groups in total. The van der Waals surface area contributed by atoms with Crippen LogP contribution in [0.4, 0.5) is 0 Å². The number of carbonyl (C=O) groups is 1. The number of fused-ring (bicyclic) bond motifs is 1. The van der Waals surface area contributed by atoms with Crippen LogP contribution in [0.15, 0.2) is 40.8 Å². The first-order valence-corrected chi connectivity index (χ1v) is 5.05. The highest BCUT2D eigenvalue weighted by molar-refractivity contribution is 7.97. The van der Waals surface area contributed by atoms with Gasteiger partial charge in [-0.05, 0) is 24.1 Å². The van der Waals surface area contributed by atoms with Crippen LogP contribution in [0.25, 0.3) is 0 Å². The molecular weight excluding hydrogens is 198 g/mol. The fourth-order valence-electron chi connectivity index (χ4n) is 1.14. The van der Waals surface area contributed by atoms with Crippen LogP contribution in [0.5, 0.6) is 0 Å². The Kier molecular flexibility index (Phi) is 2.41. The fraction of sp³-hybridized carbons (Fsp3) is 0.111. The normalized spacial score (nSPS) is 19.6. The number of nitrogens with zero attached hydrogens (tertiary/aromatic N) is 2. The average Bonchev–Trinajstić information content (AvgIpc) is 2.41. The van der Waals surface area contributed by atoms with Crippen molar-refractivity contribution in [3.8, 4) is 0 Å². The number of rotatable bonds is 1. The summed E-state index contributed by atoms with van der Waals surface area (Å²) in [5.74, 6) is 0.377. The Morgan fingerprint density at radius 3 is 3.21 bits per heavy atom. The number of hydrogen-bond acceptors (Lipinski definition) is 4. The number of aliphatic imine (C=N–C) groups is 1. The average molecular weight is 207 g/mol. The number of hydrogen-bond donors (Lipinski definition) is 1. The molecule has 0 aliphatic carbocycles. The highest BCUT2D eigenvalue weighted by Crippen LogP contribution is 2.25. The molecule has 0 aromatic rings. The van der Waals surface area contributed by atoms with Gasteiger partial charge in [0.25, 0.3) is 0 Å². The molecule has 72 valence electrons. The van der Waals surface area contributed by atoms with E-state index < -0.39 is 5.91 Å². The number of allylic oxidation sites excluding steroid dienone is 1. The molecule has 0 aromatic carbocycles. The van der Waals surface area contributed by atoms with Crippen LogP contribution in [-0.4, -0.2) is 22.2 Å². The number of nitrogens with two attached hydrogens (primary N) is 1. The summed E-state index contributed by atoms with van der Waals surface area (Å²) in [4.78, 5) is 15.0. The van der Waals surface area contributed by atoms with Crippen molar-refractivity contribution in [2.45, 2.75) is 0 Å². The third-order valence-electron chi connectivity index (χ3n) is 1.83. The van der Waals surface area contributed by atoms with E-state index in [0.29, 0.717) is 5.57 Å². The van der Waals surface area contributed by atoms with E-state index in [2.05, 4.69) is 4.99 Å². The number of amides is 1. The molecule has 14 heavy (non-hydrogen) atoms. The molecule has 0 unspecified atom stereocenters. The van der Waals surface area contributed by atoms with Gasteiger partial charge in [-0.15, -0.1) is 0 Å². The van der Waals surface area contributed by atoms with Gasteiger partial charge >= 0.3 is 0 Å². The maximum absolute atomic E-state index is 10.9. The molecule has 0 radical (unpaired) electrons. The van der Waals surface area contributed by atoms with Crippen LogP contribution in [0.1, 0.15) is 0 Å². The second-order valence-corrected chi connectivity index (χ2v) is 3.77. The molecule has 0 saturated carbocycles. The van der Waals surface area contributed by atoms with Gasteiger partial charge in [-0.3, -0.25) is 14.1 Å². The van der Waals surface area contributed by atoms with E-state index in [-0.39, 0.29) is 0 Å². The van der Waals surface area contributed by atoms with E-state index in [1.165, 1.54) is 0 Å². The molecule has 0 saturated heterocycles. The molecule has 4 nitrogen and oxygen atoms in total. The first kappa shape index (κ1) is 9.08. The number of primary amides is 1. The van der Waals surface area contributed by atoms with Crippen LogP contribution < -0.4 is 5.73 Å². The van der Waals surface area contributed by atoms with Gasteiger partial charge in [0.15, 0.2) is 0 Å². The predicted octanol–water partition coefficient (Wildman–Crippen LogP) is 0.801. The maximum atomic E-state index is 10.9. The molecular formula is C9H9N3OS.